The van der Waals surface area contributed by atoms with Gasteiger partial charge in [-0.1, -0.05) is 12.1 Å². The van der Waals surface area contributed by atoms with Gasteiger partial charge in [0.05, 0.1) is 11.3 Å². The van der Waals surface area contributed by atoms with E-state index in [1.54, 1.807) is 47.7 Å². The van der Waals surface area contributed by atoms with Gasteiger partial charge in [-0.25, -0.2) is 4.98 Å². The second-order valence-electron chi connectivity index (χ2n) is 8.60. The molecule has 3 aliphatic rings. The molecule has 1 atom stereocenters. The van der Waals surface area contributed by atoms with Gasteiger partial charge in [-0.15, -0.1) is 11.3 Å². The van der Waals surface area contributed by atoms with Crippen molar-refractivity contribution in [2.45, 2.75) is 25.7 Å². The molecule has 0 bridgehead atoms. The number of carbonyl (C=O) groups is 3. The first-order valence-corrected chi connectivity index (χ1v) is 12.0. The van der Waals surface area contributed by atoms with E-state index in [0.717, 1.165) is 30.8 Å². The molecule has 2 aromatic rings. The third kappa shape index (κ3) is 4.96. The van der Waals surface area contributed by atoms with Crippen LogP contribution in [0.4, 0.5) is 5.13 Å². The van der Waals surface area contributed by atoms with Gasteiger partial charge in [-0.3, -0.25) is 19.7 Å². The highest BCUT2D eigenvalue weighted by atomic mass is 32.1. The fourth-order valence-electron chi connectivity index (χ4n) is 4.08. The summed E-state index contributed by atoms with van der Waals surface area (Å²) in [6, 6.07) is 7.11. The number of nitrogens with one attached hydrogen (secondary N) is 3. The summed E-state index contributed by atoms with van der Waals surface area (Å²) in [7, 11) is 2.07. The SMILES string of the molecule is CN1CCc2nc(NC(=O)c3cccc(CNC(=O)C4=CN5C=C(C(N)=O)C=CC5N4)c3)sc2C1. The zero-order valence-electron chi connectivity index (χ0n) is 19.1. The van der Waals surface area contributed by atoms with Crippen LogP contribution in [0.25, 0.3) is 0 Å². The number of likely N-dealkylation sites (N-methyl/N-ethyl adjacent to an activating group) is 1. The molecule has 0 spiro atoms. The molecule has 10 nitrogen and oxygen atoms in total. The highest BCUT2D eigenvalue weighted by Crippen LogP contribution is 2.28. The van der Waals surface area contributed by atoms with Crippen molar-refractivity contribution in [3.05, 3.63) is 81.8 Å². The van der Waals surface area contributed by atoms with Crippen molar-refractivity contribution in [3.63, 3.8) is 0 Å². The van der Waals surface area contributed by atoms with Crippen molar-refractivity contribution in [3.8, 4) is 0 Å². The Bertz CT molecular complexity index is 1300. The Morgan fingerprint density at radius 1 is 1.26 bits per heavy atom. The minimum atomic E-state index is -0.531. The van der Waals surface area contributed by atoms with Gasteiger partial charge < -0.3 is 26.2 Å². The van der Waals surface area contributed by atoms with Crippen LogP contribution >= 0.6 is 11.3 Å². The number of rotatable bonds is 6. The van der Waals surface area contributed by atoms with E-state index in [1.807, 2.05) is 6.07 Å². The monoisotopic (exact) mass is 491 g/mol. The first-order chi connectivity index (χ1) is 16.9. The number of anilines is 1. The fourth-order valence-corrected chi connectivity index (χ4v) is 5.16. The van der Waals surface area contributed by atoms with Crippen molar-refractivity contribution in [1.82, 2.24) is 25.4 Å². The standard InChI is InChI=1S/C24H25N7O3S/c1-30-8-7-17-19(13-30)35-24(28-17)29-22(33)15-4-2-3-14(9-15)10-26-23(34)18-12-31-11-16(21(25)32)5-6-20(31)27-18/h2-6,9,11-12,20,27H,7-8,10,13H2,1H3,(H2,25,32)(H,26,34)(H,28,29,33). The van der Waals surface area contributed by atoms with E-state index in [1.165, 1.54) is 16.2 Å². The van der Waals surface area contributed by atoms with Crippen LogP contribution in [-0.2, 0) is 29.1 Å². The lowest BCUT2D eigenvalue weighted by atomic mass is 10.1. The molecule has 4 heterocycles. The molecule has 0 fully saturated rings. The van der Waals surface area contributed by atoms with Crippen LogP contribution in [0.15, 0.2) is 60.1 Å². The number of thiazole rings is 1. The molecule has 0 radical (unpaired) electrons. The predicted molar refractivity (Wildman–Crippen MR) is 132 cm³/mol. The molecular formula is C24H25N7O3S. The van der Waals surface area contributed by atoms with Gasteiger partial charge in [0.2, 0.25) is 5.91 Å². The lowest BCUT2D eigenvalue weighted by Crippen LogP contribution is -2.37. The quantitative estimate of drug-likeness (QED) is 0.474. The number of hydrogen-bond acceptors (Lipinski definition) is 8. The normalized spacial score (nSPS) is 18.7. The summed E-state index contributed by atoms with van der Waals surface area (Å²) in [4.78, 5) is 46.5. The number of hydrogen-bond donors (Lipinski definition) is 4. The molecule has 3 amide bonds. The zero-order chi connectivity index (χ0) is 24.5. The lowest BCUT2D eigenvalue weighted by molar-refractivity contribution is -0.118. The van der Waals surface area contributed by atoms with Crippen molar-refractivity contribution in [2.24, 2.45) is 5.73 Å². The average molecular weight is 492 g/mol. The molecule has 180 valence electrons. The molecule has 11 heteroatoms. The summed E-state index contributed by atoms with van der Waals surface area (Å²) in [6.07, 6.45) is 7.25. The summed E-state index contributed by atoms with van der Waals surface area (Å²) in [5, 5.41) is 9.45. The summed E-state index contributed by atoms with van der Waals surface area (Å²) >= 11 is 1.51. The van der Waals surface area contributed by atoms with Crippen LogP contribution in [0, 0.1) is 0 Å². The molecular weight excluding hydrogens is 466 g/mol. The molecule has 5 rings (SSSR count). The number of nitrogens with zero attached hydrogens (tertiary/aromatic N) is 3. The number of carbonyl (C=O) groups excluding carboxylic acids is 3. The average Bonchev–Trinajstić information content (AvgIpc) is 3.45. The Labute approximate surface area is 206 Å². The molecule has 0 saturated heterocycles. The Kier molecular flexibility index (Phi) is 6.10. The summed E-state index contributed by atoms with van der Waals surface area (Å²) in [5.74, 6) is -1.06. The smallest absolute Gasteiger partial charge is 0.269 e. The maximum absolute atomic E-state index is 12.8. The van der Waals surface area contributed by atoms with E-state index in [4.69, 9.17) is 5.73 Å². The van der Waals surface area contributed by atoms with Gasteiger partial charge >= 0.3 is 0 Å². The zero-order valence-corrected chi connectivity index (χ0v) is 19.9. The van der Waals surface area contributed by atoms with Gasteiger partial charge in [0.25, 0.3) is 11.8 Å². The van der Waals surface area contributed by atoms with Crippen molar-refractivity contribution >= 4 is 34.2 Å². The molecule has 35 heavy (non-hydrogen) atoms. The van der Waals surface area contributed by atoms with E-state index < -0.39 is 5.91 Å². The fraction of sp³-hybridized carbons (Fsp3) is 0.250. The molecule has 1 unspecified atom stereocenters. The van der Waals surface area contributed by atoms with Crippen LogP contribution in [0.5, 0.6) is 0 Å². The number of amides is 3. The van der Waals surface area contributed by atoms with E-state index in [9.17, 15) is 14.4 Å². The maximum Gasteiger partial charge on any atom is 0.269 e. The number of fused-ring (bicyclic) bond motifs is 2. The van der Waals surface area contributed by atoms with E-state index in [2.05, 4.69) is 32.9 Å². The van der Waals surface area contributed by atoms with Crippen molar-refractivity contribution in [1.29, 1.82) is 0 Å². The van der Waals surface area contributed by atoms with Crippen LogP contribution < -0.4 is 21.7 Å². The molecule has 0 aliphatic carbocycles. The van der Waals surface area contributed by atoms with E-state index >= 15 is 0 Å². The van der Waals surface area contributed by atoms with Gasteiger partial charge in [-0.05, 0) is 36.9 Å². The predicted octanol–water partition coefficient (Wildman–Crippen LogP) is 1.01. The molecule has 3 aliphatic heterocycles. The van der Waals surface area contributed by atoms with Crippen LogP contribution in [0.2, 0.25) is 0 Å². The summed E-state index contributed by atoms with van der Waals surface area (Å²) in [5.41, 5.74) is 8.39. The first kappa shape index (κ1) is 22.8. The summed E-state index contributed by atoms with van der Waals surface area (Å²) < 4.78 is 0. The van der Waals surface area contributed by atoms with Gasteiger partial charge in [0, 0.05) is 48.9 Å². The Morgan fingerprint density at radius 2 is 2.11 bits per heavy atom. The Balaban J connectivity index is 1.19. The highest BCUT2D eigenvalue weighted by Gasteiger charge is 2.27. The largest absolute Gasteiger partial charge is 0.366 e. The molecule has 1 aromatic carbocycles. The van der Waals surface area contributed by atoms with Crippen LogP contribution in [-0.4, -0.2) is 52.3 Å². The number of nitrogens with two attached hydrogens (primary N) is 1. The topological polar surface area (TPSA) is 133 Å². The van der Waals surface area contributed by atoms with Crippen molar-refractivity contribution < 1.29 is 14.4 Å². The molecule has 1 aromatic heterocycles. The van der Waals surface area contributed by atoms with Gasteiger partial charge in [0.15, 0.2) is 5.13 Å². The third-order valence-corrected chi connectivity index (χ3v) is 6.96. The number of benzene rings is 1. The lowest BCUT2D eigenvalue weighted by Gasteiger charge is -2.22. The highest BCUT2D eigenvalue weighted by molar-refractivity contribution is 7.15. The number of aromatic nitrogens is 1. The van der Waals surface area contributed by atoms with Crippen LogP contribution in [0.3, 0.4) is 0 Å². The molecule has 5 N–H and O–H groups in total. The van der Waals surface area contributed by atoms with Gasteiger partial charge in [-0.2, -0.15) is 0 Å². The second kappa shape index (κ2) is 9.35. The minimum absolute atomic E-state index is 0.237. The van der Waals surface area contributed by atoms with Crippen LogP contribution in [0.1, 0.15) is 26.5 Å². The maximum atomic E-state index is 12.8. The van der Waals surface area contributed by atoms with Crippen molar-refractivity contribution in [2.75, 3.05) is 18.9 Å². The van der Waals surface area contributed by atoms with E-state index in [-0.39, 0.29) is 24.5 Å². The minimum Gasteiger partial charge on any atom is -0.366 e. The Hall–Kier alpha value is -3.96. The van der Waals surface area contributed by atoms with E-state index in [0.29, 0.717) is 22.0 Å². The summed E-state index contributed by atoms with van der Waals surface area (Å²) in [6.45, 7) is 2.06. The second-order valence-corrected chi connectivity index (χ2v) is 9.68. The first-order valence-electron chi connectivity index (χ1n) is 11.2. The van der Waals surface area contributed by atoms with Gasteiger partial charge in [0.1, 0.15) is 11.9 Å². The molecule has 0 saturated carbocycles. The Morgan fingerprint density at radius 3 is 2.94 bits per heavy atom. The number of primary amides is 1. The third-order valence-electron chi connectivity index (χ3n) is 5.96.